The van der Waals surface area contributed by atoms with E-state index in [1.807, 2.05) is 0 Å². The number of hydrogen-bond acceptors (Lipinski definition) is 5. The molecule has 0 aliphatic rings. The molecule has 0 aromatic rings. The Bertz CT molecular complexity index is 445. The van der Waals surface area contributed by atoms with Gasteiger partial charge in [-0.25, -0.2) is 5.43 Å². The Labute approximate surface area is 125 Å². The van der Waals surface area contributed by atoms with Gasteiger partial charge in [-0.1, -0.05) is 18.6 Å². The molecule has 0 rings (SSSR count). The summed E-state index contributed by atoms with van der Waals surface area (Å²) >= 11 is 0. The number of allylic oxidation sites excluding steroid dienone is 2. The molecule has 1 amide bonds. The van der Waals surface area contributed by atoms with Crippen LogP contribution in [0, 0.1) is 11.3 Å². The summed E-state index contributed by atoms with van der Waals surface area (Å²) in [5.74, 6) is -0.302. The number of rotatable bonds is 9. The lowest BCUT2D eigenvalue weighted by molar-refractivity contribution is -0.120. The molecule has 0 aromatic heterocycles. The predicted octanol–water partition coefficient (Wildman–Crippen LogP) is 2.66. The van der Waals surface area contributed by atoms with Crippen molar-refractivity contribution in [1.82, 2.24) is 10.7 Å². The number of carbonyl (C=O) groups excluding carboxylic acids is 1. The lowest BCUT2D eigenvalue weighted by Crippen LogP contribution is -2.30. The van der Waals surface area contributed by atoms with Crippen LogP contribution in [0.25, 0.3) is 4.98 Å². The fourth-order valence-corrected chi connectivity index (χ4v) is 1.44. The highest BCUT2D eigenvalue weighted by atomic mass is 16.3. The van der Waals surface area contributed by atoms with Crippen molar-refractivity contribution in [2.24, 2.45) is 11.0 Å². The smallest absolute Gasteiger partial charge is 0.409 e. The van der Waals surface area contributed by atoms with Crippen molar-refractivity contribution in [2.45, 2.75) is 40.0 Å². The average molecular weight is 294 g/mol. The van der Waals surface area contributed by atoms with Crippen LogP contribution < -0.4 is 10.7 Å². The number of hydrogen-bond donors (Lipinski definition) is 3. The maximum absolute atomic E-state index is 11.3. The summed E-state index contributed by atoms with van der Waals surface area (Å²) in [7, 11) is 0. The Morgan fingerprint density at radius 1 is 1.48 bits per heavy atom. The minimum Gasteiger partial charge on any atom is -0.490 e. The van der Waals surface area contributed by atoms with E-state index in [-0.39, 0.29) is 6.54 Å². The van der Waals surface area contributed by atoms with Gasteiger partial charge in [0, 0.05) is 6.21 Å². The molecule has 1 atom stereocenters. The Morgan fingerprint density at radius 3 is 2.81 bits per heavy atom. The van der Waals surface area contributed by atoms with Gasteiger partial charge in [0.1, 0.15) is 0 Å². The Hall–Kier alpha value is -2.36. The third-order valence-corrected chi connectivity index (χ3v) is 2.61. The van der Waals surface area contributed by atoms with Crippen molar-refractivity contribution >= 4 is 12.1 Å². The summed E-state index contributed by atoms with van der Waals surface area (Å²) in [5.41, 5.74) is 3.66. The molecule has 0 saturated heterocycles. The summed E-state index contributed by atoms with van der Waals surface area (Å²) in [6.07, 6.45) is 7.58. The number of aliphatic hydroxyl groups excluding tert-OH is 1. The Kier molecular flexibility index (Phi) is 10.2. The standard InChI is InChI=1S/C14H23N5O2/c1-11(2)5-4-6-12(3)7-8-18-19-14(21)9-16-13(20)10-17-15/h5,8,10,12,16H,4,6-7,9H2,1-3H3,(H-,19,20,21)/p+1. The van der Waals surface area contributed by atoms with E-state index in [2.05, 4.69) is 47.7 Å². The molecule has 0 aliphatic heterocycles. The van der Waals surface area contributed by atoms with E-state index in [1.54, 1.807) is 6.21 Å². The molecule has 21 heavy (non-hydrogen) atoms. The van der Waals surface area contributed by atoms with Crippen LogP contribution in [0.3, 0.4) is 0 Å². The van der Waals surface area contributed by atoms with E-state index in [4.69, 9.17) is 10.5 Å². The van der Waals surface area contributed by atoms with Gasteiger partial charge in [0.25, 0.3) is 11.8 Å². The Balaban J connectivity index is 3.80. The van der Waals surface area contributed by atoms with Crippen LogP contribution >= 0.6 is 0 Å². The lowest BCUT2D eigenvalue weighted by atomic mass is 10.0. The molecule has 0 saturated carbocycles. The maximum atomic E-state index is 11.3. The maximum Gasteiger partial charge on any atom is 0.409 e. The largest absolute Gasteiger partial charge is 0.490 e. The molecule has 0 bridgehead atoms. The monoisotopic (exact) mass is 294 g/mol. The van der Waals surface area contributed by atoms with Crippen molar-refractivity contribution < 1.29 is 9.90 Å². The topological polar surface area (TPSA) is 102 Å². The van der Waals surface area contributed by atoms with Crippen LogP contribution in [-0.2, 0) is 4.79 Å². The molecule has 1 unspecified atom stereocenters. The quantitative estimate of drug-likeness (QED) is 0.200. The number of carbonyl (C=O) groups is 1. The van der Waals surface area contributed by atoms with Crippen molar-refractivity contribution in [2.75, 3.05) is 6.54 Å². The molecule has 116 valence electrons. The van der Waals surface area contributed by atoms with E-state index in [0.29, 0.717) is 5.92 Å². The fraction of sp³-hybridized carbons (Fsp3) is 0.571. The van der Waals surface area contributed by atoms with E-state index < -0.39 is 11.8 Å². The van der Waals surface area contributed by atoms with Crippen LogP contribution in [0.2, 0.25) is 0 Å². The Morgan fingerprint density at radius 2 is 2.19 bits per heavy atom. The SMILES string of the molecule is CC(C)=CCCC(C)CC=NNC(=O)CNC(O)=C[N+]#N. The summed E-state index contributed by atoms with van der Waals surface area (Å²) in [5, 5.41) is 23.3. The zero-order valence-corrected chi connectivity index (χ0v) is 12.8. The molecule has 0 spiro atoms. The highest BCUT2D eigenvalue weighted by Crippen LogP contribution is 2.10. The number of nitrogens with one attached hydrogen (secondary N) is 2. The highest BCUT2D eigenvalue weighted by molar-refractivity contribution is 5.78. The van der Waals surface area contributed by atoms with Crippen LogP contribution in [0.4, 0.5) is 0 Å². The van der Waals surface area contributed by atoms with E-state index in [9.17, 15) is 4.79 Å². The second kappa shape index (κ2) is 11.5. The predicted molar refractivity (Wildman–Crippen MR) is 82.9 cm³/mol. The first-order valence-electron chi connectivity index (χ1n) is 6.86. The van der Waals surface area contributed by atoms with Crippen LogP contribution in [-0.4, -0.2) is 23.8 Å². The number of hydrazone groups is 1. The van der Waals surface area contributed by atoms with Crippen LogP contribution in [0.1, 0.15) is 40.0 Å². The van der Waals surface area contributed by atoms with E-state index in [0.717, 1.165) is 25.5 Å². The molecule has 3 N–H and O–H groups in total. The van der Waals surface area contributed by atoms with E-state index in [1.165, 1.54) is 5.57 Å². The van der Waals surface area contributed by atoms with E-state index >= 15 is 0 Å². The second-order valence-corrected chi connectivity index (χ2v) is 5.03. The molecule has 7 heteroatoms. The third-order valence-electron chi connectivity index (χ3n) is 2.61. The van der Waals surface area contributed by atoms with Crippen molar-refractivity contribution in [3.63, 3.8) is 0 Å². The van der Waals surface area contributed by atoms with Gasteiger partial charge in [-0.3, -0.25) is 4.79 Å². The molecular formula is C14H24N5O2+. The van der Waals surface area contributed by atoms with Crippen LogP contribution in [0.15, 0.2) is 28.8 Å². The summed E-state index contributed by atoms with van der Waals surface area (Å²) in [6.45, 7) is 6.13. The average Bonchev–Trinajstić information content (AvgIpc) is 2.41. The van der Waals surface area contributed by atoms with Crippen molar-refractivity contribution in [3.05, 3.63) is 28.7 Å². The number of amides is 1. The van der Waals surface area contributed by atoms with Gasteiger partial charge >= 0.3 is 6.20 Å². The molecular weight excluding hydrogens is 270 g/mol. The second-order valence-electron chi connectivity index (χ2n) is 5.03. The summed E-state index contributed by atoms with van der Waals surface area (Å²) in [6, 6.07) is 0. The first-order chi connectivity index (χ1) is 9.95. The normalized spacial score (nSPS) is 12.6. The first-order valence-corrected chi connectivity index (χ1v) is 6.86. The van der Waals surface area contributed by atoms with Gasteiger partial charge in [-0.05, 0) is 39.0 Å². The first kappa shape index (κ1) is 18.6. The molecule has 0 radical (unpaired) electrons. The molecule has 7 nitrogen and oxygen atoms in total. The minimum absolute atomic E-state index is 0.161. The number of aliphatic hydroxyl groups is 1. The van der Waals surface area contributed by atoms with Gasteiger partial charge in [0.05, 0.1) is 6.54 Å². The molecule has 0 aliphatic carbocycles. The number of diazo groups is 1. The highest BCUT2D eigenvalue weighted by Gasteiger charge is 2.03. The summed E-state index contributed by atoms with van der Waals surface area (Å²) < 4.78 is 0. The van der Waals surface area contributed by atoms with Crippen LogP contribution in [0.5, 0.6) is 0 Å². The lowest BCUT2D eigenvalue weighted by Gasteiger charge is -2.06. The minimum atomic E-state index is -0.402. The molecule has 0 aromatic carbocycles. The van der Waals surface area contributed by atoms with Gasteiger partial charge in [0.15, 0.2) is 4.98 Å². The third kappa shape index (κ3) is 12.4. The molecule has 0 fully saturated rings. The number of nitrogens with zero attached hydrogens (tertiary/aromatic N) is 3. The van der Waals surface area contributed by atoms with Gasteiger partial charge in [0.2, 0.25) is 5.39 Å². The summed E-state index contributed by atoms with van der Waals surface area (Å²) in [4.78, 5) is 13.9. The fourth-order valence-electron chi connectivity index (χ4n) is 1.44. The van der Waals surface area contributed by atoms with Crippen molar-refractivity contribution in [3.8, 4) is 0 Å². The van der Waals surface area contributed by atoms with Gasteiger partial charge in [-0.15, -0.1) is 0 Å². The molecule has 0 heterocycles. The van der Waals surface area contributed by atoms with Crippen molar-refractivity contribution in [1.29, 1.82) is 5.39 Å². The van der Waals surface area contributed by atoms with Gasteiger partial charge in [-0.2, -0.15) is 5.10 Å². The zero-order valence-electron chi connectivity index (χ0n) is 12.8. The zero-order chi connectivity index (χ0) is 16.1. The van der Waals surface area contributed by atoms with Gasteiger partial charge < -0.3 is 10.4 Å².